The molecule has 0 aromatic heterocycles. The third-order valence-corrected chi connectivity index (χ3v) is 2.56. The summed E-state index contributed by atoms with van der Waals surface area (Å²) in [5.41, 5.74) is 5.53. The van der Waals surface area contributed by atoms with E-state index in [0.717, 1.165) is 6.07 Å². The number of nitrogens with two attached hydrogens (primary N) is 1. The third-order valence-electron chi connectivity index (χ3n) is 2.56. The highest BCUT2D eigenvalue weighted by Crippen LogP contribution is 2.12. The molecule has 20 heavy (non-hydrogen) atoms. The molecule has 0 saturated carbocycles. The maximum atomic E-state index is 13.9. The fourth-order valence-electron chi connectivity index (χ4n) is 1.65. The standard InChI is InChI=1S/C14H17FN2O3/c15-13-10-11(2-1-5-16)3-4-12(13)14(20)17(6-8-18)7-9-19/h3-4,10,18-19H,5-9,16H2. The molecule has 1 aromatic rings. The van der Waals surface area contributed by atoms with E-state index in [1.165, 1.54) is 17.0 Å². The molecule has 0 spiro atoms. The molecule has 1 rings (SSSR count). The second kappa shape index (κ2) is 8.27. The van der Waals surface area contributed by atoms with Crippen molar-refractivity contribution in [2.75, 3.05) is 32.8 Å². The Kier molecular flexibility index (Phi) is 6.67. The first-order valence-corrected chi connectivity index (χ1v) is 6.13. The molecule has 0 heterocycles. The molecule has 0 unspecified atom stereocenters. The van der Waals surface area contributed by atoms with Crippen molar-refractivity contribution < 1.29 is 19.4 Å². The zero-order valence-corrected chi connectivity index (χ0v) is 11.0. The minimum atomic E-state index is -0.695. The minimum Gasteiger partial charge on any atom is -0.395 e. The van der Waals surface area contributed by atoms with Crippen molar-refractivity contribution in [1.82, 2.24) is 4.90 Å². The third kappa shape index (κ3) is 4.31. The summed E-state index contributed by atoms with van der Waals surface area (Å²) in [6.07, 6.45) is 0. The lowest BCUT2D eigenvalue weighted by Gasteiger charge is -2.20. The molecule has 6 heteroatoms. The molecule has 0 aliphatic rings. The van der Waals surface area contributed by atoms with Gasteiger partial charge in [-0.25, -0.2) is 4.39 Å². The molecule has 0 aliphatic heterocycles. The lowest BCUT2D eigenvalue weighted by Crippen LogP contribution is -2.36. The molecular formula is C14H17FN2O3. The van der Waals surface area contributed by atoms with Gasteiger partial charge in [-0.1, -0.05) is 11.8 Å². The molecule has 4 N–H and O–H groups in total. The molecule has 108 valence electrons. The quantitative estimate of drug-likeness (QED) is 0.638. The Hall–Kier alpha value is -1.94. The van der Waals surface area contributed by atoms with Gasteiger partial charge in [0, 0.05) is 18.7 Å². The van der Waals surface area contributed by atoms with Gasteiger partial charge in [0.25, 0.3) is 5.91 Å². The fraction of sp³-hybridized carbons (Fsp3) is 0.357. The number of aliphatic hydroxyl groups is 2. The average Bonchev–Trinajstić information content (AvgIpc) is 2.44. The second-order valence-electron chi connectivity index (χ2n) is 3.94. The van der Waals surface area contributed by atoms with E-state index >= 15 is 0 Å². The number of carbonyl (C=O) groups is 1. The summed E-state index contributed by atoms with van der Waals surface area (Å²) < 4.78 is 13.9. The lowest BCUT2D eigenvalue weighted by atomic mass is 10.1. The van der Waals surface area contributed by atoms with Crippen LogP contribution < -0.4 is 5.73 Å². The van der Waals surface area contributed by atoms with Gasteiger partial charge in [-0.2, -0.15) is 0 Å². The molecule has 0 aliphatic carbocycles. The van der Waals surface area contributed by atoms with Crippen LogP contribution in [0.3, 0.4) is 0 Å². The van der Waals surface area contributed by atoms with Crippen LogP contribution in [0.4, 0.5) is 4.39 Å². The van der Waals surface area contributed by atoms with Crippen molar-refractivity contribution in [2.45, 2.75) is 0 Å². The second-order valence-corrected chi connectivity index (χ2v) is 3.94. The summed E-state index contributed by atoms with van der Waals surface area (Å²) >= 11 is 0. The normalized spacial score (nSPS) is 9.80. The van der Waals surface area contributed by atoms with E-state index in [9.17, 15) is 9.18 Å². The van der Waals surface area contributed by atoms with Crippen molar-refractivity contribution >= 4 is 5.91 Å². The van der Waals surface area contributed by atoms with Crippen LogP contribution in [0.2, 0.25) is 0 Å². The van der Waals surface area contributed by atoms with Crippen LogP contribution >= 0.6 is 0 Å². The fourth-order valence-corrected chi connectivity index (χ4v) is 1.65. The Morgan fingerprint density at radius 3 is 2.45 bits per heavy atom. The van der Waals surface area contributed by atoms with Crippen LogP contribution in [0.15, 0.2) is 18.2 Å². The van der Waals surface area contributed by atoms with Gasteiger partial charge < -0.3 is 20.8 Å². The maximum Gasteiger partial charge on any atom is 0.256 e. The van der Waals surface area contributed by atoms with E-state index < -0.39 is 11.7 Å². The summed E-state index contributed by atoms with van der Waals surface area (Å²) in [5.74, 6) is 3.99. The molecule has 1 aromatic carbocycles. The Bertz CT molecular complexity index is 517. The summed E-state index contributed by atoms with van der Waals surface area (Å²) in [6, 6.07) is 4.01. The average molecular weight is 280 g/mol. The van der Waals surface area contributed by atoms with E-state index in [0.29, 0.717) is 5.56 Å². The topological polar surface area (TPSA) is 86.8 Å². The lowest BCUT2D eigenvalue weighted by molar-refractivity contribution is 0.0680. The van der Waals surface area contributed by atoms with Crippen molar-refractivity contribution in [3.05, 3.63) is 35.1 Å². The van der Waals surface area contributed by atoms with Crippen molar-refractivity contribution in [1.29, 1.82) is 0 Å². The predicted octanol–water partition coefficient (Wildman–Crippen LogP) is -0.437. The van der Waals surface area contributed by atoms with Gasteiger partial charge in [0.1, 0.15) is 5.82 Å². The van der Waals surface area contributed by atoms with Gasteiger partial charge in [-0.05, 0) is 18.2 Å². The Balaban J connectivity index is 2.97. The van der Waals surface area contributed by atoms with Crippen LogP contribution in [0.25, 0.3) is 0 Å². The van der Waals surface area contributed by atoms with Gasteiger partial charge in [-0.3, -0.25) is 4.79 Å². The summed E-state index contributed by atoms with van der Waals surface area (Å²) in [5, 5.41) is 17.7. The summed E-state index contributed by atoms with van der Waals surface area (Å²) in [6.45, 7) is -0.273. The van der Waals surface area contributed by atoms with Gasteiger partial charge in [-0.15, -0.1) is 0 Å². The molecule has 0 atom stereocenters. The van der Waals surface area contributed by atoms with Gasteiger partial charge in [0.2, 0.25) is 0 Å². The highest BCUT2D eigenvalue weighted by Gasteiger charge is 2.18. The number of rotatable bonds is 5. The largest absolute Gasteiger partial charge is 0.395 e. The van der Waals surface area contributed by atoms with Crippen molar-refractivity contribution in [3.8, 4) is 11.8 Å². The number of hydrogen-bond donors (Lipinski definition) is 3. The number of benzene rings is 1. The number of hydrogen-bond acceptors (Lipinski definition) is 4. The Labute approximate surface area is 116 Å². The van der Waals surface area contributed by atoms with Crippen LogP contribution in [-0.4, -0.2) is 53.9 Å². The SMILES string of the molecule is NCC#Cc1ccc(C(=O)N(CCO)CCO)c(F)c1. The number of nitrogens with zero attached hydrogens (tertiary/aromatic N) is 1. The molecule has 0 bridgehead atoms. The summed E-state index contributed by atoms with van der Waals surface area (Å²) in [7, 11) is 0. The first-order chi connectivity index (χ1) is 9.63. The van der Waals surface area contributed by atoms with Crippen molar-refractivity contribution in [3.63, 3.8) is 0 Å². The van der Waals surface area contributed by atoms with E-state index in [1.54, 1.807) is 0 Å². The molecule has 0 saturated heterocycles. The zero-order chi connectivity index (χ0) is 15.0. The van der Waals surface area contributed by atoms with Crippen LogP contribution in [0, 0.1) is 17.7 Å². The van der Waals surface area contributed by atoms with Gasteiger partial charge in [0.05, 0.1) is 25.3 Å². The van der Waals surface area contributed by atoms with Crippen LogP contribution in [0.1, 0.15) is 15.9 Å². The smallest absolute Gasteiger partial charge is 0.256 e. The molecular weight excluding hydrogens is 263 g/mol. The highest BCUT2D eigenvalue weighted by molar-refractivity contribution is 5.94. The Morgan fingerprint density at radius 1 is 1.30 bits per heavy atom. The van der Waals surface area contributed by atoms with Gasteiger partial charge in [0.15, 0.2) is 0 Å². The monoisotopic (exact) mass is 280 g/mol. The first-order valence-electron chi connectivity index (χ1n) is 6.13. The van der Waals surface area contributed by atoms with E-state index in [1.807, 2.05) is 0 Å². The highest BCUT2D eigenvalue weighted by atomic mass is 19.1. The summed E-state index contributed by atoms with van der Waals surface area (Å²) in [4.78, 5) is 13.3. The first kappa shape index (κ1) is 16.1. The van der Waals surface area contributed by atoms with E-state index in [2.05, 4.69) is 11.8 Å². The number of amides is 1. The van der Waals surface area contributed by atoms with E-state index in [-0.39, 0.29) is 38.4 Å². The van der Waals surface area contributed by atoms with E-state index in [4.69, 9.17) is 15.9 Å². The van der Waals surface area contributed by atoms with Crippen molar-refractivity contribution in [2.24, 2.45) is 5.73 Å². The van der Waals surface area contributed by atoms with Crippen LogP contribution in [0.5, 0.6) is 0 Å². The number of carbonyl (C=O) groups excluding carboxylic acids is 1. The predicted molar refractivity (Wildman–Crippen MR) is 72.4 cm³/mol. The number of halogens is 1. The molecule has 5 nitrogen and oxygen atoms in total. The zero-order valence-electron chi connectivity index (χ0n) is 11.0. The van der Waals surface area contributed by atoms with Gasteiger partial charge >= 0.3 is 0 Å². The maximum absolute atomic E-state index is 13.9. The minimum absolute atomic E-state index is 0.0353. The number of aliphatic hydroxyl groups excluding tert-OH is 2. The van der Waals surface area contributed by atoms with Crippen LogP contribution in [-0.2, 0) is 0 Å². The Morgan fingerprint density at radius 2 is 1.95 bits per heavy atom. The molecule has 1 amide bonds. The molecule has 0 fully saturated rings. The molecule has 0 radical (unpaired) electrons.